The van der Waals surface area contributed by atoms with Crippen molar-refractivity contribution >= 4 is 11.9 Å². The quantitative estimate of drug-likeness (QED) is 0.0383. The fraction of sp³-hybridized carbons (Fsp3) is 0.640. The highest BCUT2D eigenvalue weighted by molar-refractivity contribution is 5.70. The molecule has 0 bridgehead atoms. The van der Waals surface area contributed by atoms with E-state index in [1.54, 1.807) is 0 Å². The van der Waals surface area contributed by atoms with Crippen LogP contribution in [-0.4, -0.2) is 36.4 Å². The zero-order valence-electron chi connectivity index (χ0n) is 35.4. The first kappa shape index (κ1) is 51.8. The fourth-order valence-corrected chi connectivity index (χ4v) is 5.76. The summed E-state index contributed by atoms with van der Waals surface area (Å²) in [7, 11) is 0. The predicted octanol–water partition coefficient (Wildman–Crippen LogP) is 14.5. The number of hydrogen-bond donors (Lipinski definition) is 1. The molecule has 0 amide bonds. The maximum absolute atomic E-state index is 12.2. The van der Waals surface area contributed by atoms with Crippen molar-refractivity contribution in [3.8, 4) is 0 Å². The number of carbonyl (C=O) groups excluding carboxylic acids is 2. The molecule has 0 aliphatic heterocycles. The molecule has 0 aromatic heterocycles. The first-order valence-corrected chi connectivity index (χ1v) is 22.3. The van der Waals surface area contributed by atoms with E-state index in [9.17, 15) is 14.7 Å². The lowest BCUT2D eigenvalue weighted by atomic mass is 10.1. The zero-order chi connectivity index (χ0) is 40.0. The van der Waals surface area contributed by atoms with Crippen LogP contribution in [0.1, 0.15) is 187 Å². The molecule has 0 spiro atoms. The molecule has 1 unspecified atom stereocenters. The Kier molecular flexibility index (Phi) is 42.6. The van der Waals surface area contributed by atoms with Gasteiger partial charge in [0.15, 0.2) is 6.10 Å². The minimum Gasteiger partial charge on any atom is -0.462 e. The molecule has 0 fully saturated rings. The van der Waals surface area contributed by atoms with Gasteiger partial charge in [0, 0.05) is 12.8 Å². The summed E-state index contributed by atoms with van der Waals surface area (Å²) < 4.78 is 10.6. The normalized spacial score (nSPS) is 13.1. The van der Waals surface area contributed by atoms with Crippen LogP contribution in [0.5, 0.6) is 0 Å². The SMILES string of the molecule is CC/C=C\C/C=C\C/C=C\C/C=C\C/C=C\C/C=C\C/C=C\CCCCCCCC(=O)OC(CO)COC(=O)CCCCCCC/C=C\CCCCCCC. The number of rotatable bonds is 39. The first-order valence-electron chi connectivity index (χ1n) is 22.3. The molecule has 55 heavy (non-hydrogen) atoms. The summed E-state index contributed by atoms with van der Waals surface area (Å²) >= 11 is 0. The molecule has 5 nitrogen and oxygen atoms in total. The summed E-state index contributed by atoms with van der Waals surface area (Å²) in [6.07, 6.45) is 63.3. The van der Waals surface area contributed by atoms with Gasteiger partial charge in [-0.2, -0.15) is 0 Å². The highest BCUT2D eigenvalue weighted by Gasteiger charge is 2.16. The van der Waals surface area contributed by atoms with Crippen molar-refractivity contribution in [3.63, 3.8) is 0 Å². The molecule has 0 aromatic carbocycles. The van der Waals surface area contributed by atoms with Crippen molar-refractivity contribution in [2.24, 2.45) is 0 Å². The van der Waals surface area contributed by atoms with Crippen molar-refractivity contribution in [2.75, 3.05) is 13.2 Å². The van der Waals surface area contributed by atoms with Crippen LogP contribution in [0.25, 0.3) is 0 Å². The van der Waals surface area contributed by atoms with Crippen molar-refractivity contribution in [2.45, 2.75) is 193 Å². The predicted molar refractivity (Wildman–Crippen MR) is 237 cm³/mol. The number of aliphatic hydroxyl groups is 1. The van der Waals surface area contributed by atoms with Gasteiger partial charge in [-0.05, 0) is 96.3 Å². The van der Waals surface area contributed by atoms with Gasteiger partial charge in [0.2, 0.25) is 0 Å². The summed E-state index contributed by atoms with van der Waals surface area (Å²) in [4.78, 5) is 24.3. The number of carbonyl (C=O) groups is 2. The topological polar surface area (TPSA) is 72.8 Å². The standard InChI is InChI=1S/C50H82O5/c1-3-5-7-9-11-13-15-17-19-20-21-22-23-24-25-26-27-28-29-30-31-33-35-37-39-41-43-45-50(53)55-48(46-51)47-54-49(52)44-42-40-38-36-34-32-18-16-14-12-10-8-6-4-2/h5,7,11,13,16-19,21-22,24-25,27-28,30-31,48,51H,3-4,6,8-10,12,14-15,20,23,26,29,32-47H2,1-2H3/b7-5-,13-11-,18-16-,19-17-,22-21-,25-24-,28-27-,31-30-. The first-order chi connectivity index (χ1) is 27.1. The van der Waals surface area contributed by atoms with Gasteiger partial charge >= 0.3 is 11.9 Å². The lowest BCUT2D eigenvalue weighted by Gasteiger charge is -2.15. The number of allylic oxidation sites excluding steroid dienone is 16. The van der Waals surface area contributed by atoms with E-state index in [2.05, 4.69) is 111 Å². The van der Waals surface area contributed by atoms with Gasteiger partial charge in [-0.3, -0.25) is 9.59 Å². The Hall–Kier alpha value is -3.18. The number of aliphatic hydroxyl groups excluding tert-OH is 1. The Balaban J connectivity index is 3.65. The van der Waals surface area contributed by atoms with E-state index in [1.807, 2.05) is 0 Å². The van der Waals surface area contributed by atoms with Crippen LogP contribution in [0, 0.1) is 0 Å². The number of ether oxygens (including phenoxy) is 2. The Labute approximate surface area is 338 Å². The highest BCUT2D eigenvalue weighted by atomic mass is 16.6. The number of esters is 2. The summed E-state index contributed by atoms with van der Waals surface area (Å²) in [6.45, 7) is 3.98. The van der Waals surface area contributed by atoms with E-state index >= 15 is 0 Å². The van der Waals surface area contributed by atoms with Crippen molar-refractivity contribution in [1.82, 2.24) is 0 Å². The van der Waals surface area contributed by atoms with E-state index < -0.39 is 6.10 Å². The summed E-state index contributed by atoms with van der Waals surface area (Å²) in [5.41, 5.74) is 0. The molecule has 0 aliphatic carbocycles. The fourth-order valence-electron chi connectivity index (χ4n) is 5.76. The second-order valence-electron chi connectivity index (χ2n) is 14.4. The van der Waals surface area contributed by atoms with Crippen LogP contribution in [-0.2, 0) is 19.1 Å². The molecule has 0 aromatic rings. The Morgan fingerprint density at radius 2 is 0.782 bits per heavy atom. The molecule has 0 heterocycles. The molecule has 0 rings (SSSR count). The van der Waals surface area contributed by atoms with Crippen LogP contribution in [0.15, 0.2) is 97.2 Å². The van der Waals surface area contributed by atoms with Crippen molar-refractivity contribution < 1.29 is 24.2 Å². The lowest BCUT2D eigenvalue weighted by Crippen LogP contribution is -2.28. The van der Waals surface area contributed by atoms with Crippen LogP contribution >= 0.6 is 0 Å². The third-order valence-electron chi connectivity index (χ3n) is 9.11. The molecule has 0 radical (unpaired) electrons. The lowest BCUT2D eigenvalue weighted by molar-refractivity contribution is -0.161. The average Bonchev–Trinajstić information content (AvgIpc) is 3.19. The molecule has 312 valence electrons. The maximum Gasteiger partial charge on any atom is 0.306 e. The van der Waals surface area contributed by atoms with Gasteiger partial charge in [-0.25, -0.2) is 0 Å². The molecule has 0 saturated heterocycles. The Morgan fingerprint density at radius 1 is 0.436 bits per heavy atom. The molecule has 1 atom stereocenters. The molecular formula is C50H82O5. The van der Waals surface area contributed by atoms with Gasteiger partial charge in [0.05, 0.1) is 6.61 Å². The second-order valence-corrected chi connectivity index (χ2v) is 14.4. The van der Waals surface area contributed by atoms with Gasteiger partial charge in [-0.1, -0.05) is 175 Å². The van der Waals surface area contributed by atoms with Crippen LogP contribution in [0.4, 0.5) is 0 Å². The third-order valence-corrected chi connectivity index (χ3v) is 9.11. The zero-order valence-corrected chi connectivity index (χ0v) is 35.4. The average molecular weight is 763 g/mol. The van der Waals surface area contributed by atoms with Crippen LogP contribution < -0.4 is 0 Å². The largest absolute Gasteiger partial charge is 0.462 e. The van der Waals surface area contributed by atoms with E-state index in [-0.39, 0.29) is 25.2 Å². The number of hydrogen-bond acceptors (Lipinski definition) is 5. The maximum atomic E-state index is 12.2. The third kappa shape index (κ3) is 43.4. The van der Waals surface area contributed by atoms with Gasteiger partial charge in [0.25, 0.3) is 0 Å². The highest BCUT2D eigenvalue weighted by Crippen LogP contribution is 2.12. The van der Waals surface area contributed by atoms with Crippen molar-refractivity contribution in [3.05, 3.63) is 97.2 Å². The van der Waals surface area contributed by atoms with E-state index in [0.29, 0.717) is 12.8 Å². The molecular weight excluding hydrogens is 681 g/mol. The van der Waals surface area contributed by atoms with E-state index in [0.717, 1.165) is 109 Å². The second kappa shape index (κ2) is 45.2. The van der Waals surface area contributed by atoms with Crippen LogP contribution in [0.2, 0.25) is 0 Å². The smallest absolute Gasteiger partial charge is 0.306 e. The number of unbranched alkanes of at least 4 members (excludes halogenated alkanes) is 15. The minimum atomic E-state index is -0.791. The minimum absolute atomic E-state index is 0.0837. The molecule has 0 aliphatic rings. The van der Waals surface area contributed by atoms with Crippen molar-refractivity contribution in [1.29, 1.82) is 0 Å². The van der Waals surface area contributed by atoms with Gasteiger partial charge in [-0.15, -0.1) is 0 Å². The summed E-state index contributed by atoms with van der Waals surface area (Å²) in [5.74, 6) is -0.630. The molecule has 0 saturated carbocycles. The Bertz CT molecular complexity index is 1090. The van der Waals surface area contributed by atoms with Gasteiger partial charge in [0.1, 0.15) is 6.61 Å². The summed E-state index contributed by atoms with van der Waals surface area (Å²) in [5, 5.41) is 9.58. The monoisotopic (exact) mass is 763 g/mol. The van der Waals surface area contributed by atoms with E-state index in [1.165, 1.54) is 51.4 Å². The summed E-state index contributed by atoms with van der Waals surface area (Å²) in [6, 6.07) is 0. The molecule has 5 heteroatoms. The van der Waals surface area contributed by atoms with Gasteiger partial charge < -0.3 is 14.6 Å². The Morgan fingerprint density at radius 3 is 1.20 bits per heavy atom. The van der Waals surface area contributed by atoms with E-state index in [4.69, 9.17) is 9.47 Å². The molecule has 1 N–H and O–H groups in total. The van der Waals surface area contributed by atoms with Crippen LogP contribution in [0.3, 0.4) is 0 Å².